The van der Waals surface area contributed by atoms with Gasteiger partial charge in [-0.1, -0.05) is 22.1 Å². The van der Waals surface area contributed by atoms with E-state index >= 15 is 0 Å². The van der Waals surface area contributed by atoms with Crippen molar-refractivity contribution in [2.45, 2.75) is 0 Å². The van der Waals surface area contributed by atoms with Crippen LogP contribution in [0.1, 0.15) is 0 Å². The Morgan fingerprint density at radius 3 is 2.91 bits per heavy atom. The Bertz CT molecular complexity index is 394. The second-order valence-corrected chi connectivity index (χ2v) is 2.77. The fourth-order valence-electron chi connectivity index (χ4n) is 1.07. The van der Waals surface area contributed by atoms with Gasteiger partial charge in [0.2, 0.25) is 0 Å². The number of rotatable bonds is 0. The predicted octanol–water partition coefficient (Wildman–Crippen LogP) is 3.03. The minimum Gasteiger partial charge on any atom is -0.186 e. The quantitative estimate of drug-likeness (QED) is 0.571. The van der Waals surface area contributed by atoms with E-state index in [0.29, 0.717) is 15.3 Å². The molecule has 0 radical (unpaired) electrons. The fourth-order valence-corrected chi connectivity index (χ4v) is 1.24. The summed E-state index contributed by atoms with van der Waals surface area (Å²) in [6.07, 6.45) is 1.36. The van der Waals surface area contributed by atoms with Crippen LogP contribution in [0.4, 0.5) is 4.48 Å². The topological polar surface area (TPSA) is 4.93 Å². The van der Waals surface area contributed by atoms with Crippen molar-refractivity contribution < 1.29 is 4.48 Å². The lowest BCUT2D eigenvalue weighted by molar-refractivity contribution is 0.388. The summed E-state index contributed by atoms with van der Waals surface area (Å²) in [4.78, 5) is 0.557. The van der Waals surface area contributed by atoms with Crippen LogP contribution >= 0.6 is 11.6 Å². The summed E-state index contributed by atoms with van der Waals surface area (Å²) >= 11 is 5.67. The number of halogens is 2. The first-order valence-corrected chi connectivity index (χ1v) is 3.58. The van der Waals surface area contributed by atoms with Gasteiger partial charge in [0.25, 0.3) is 0 Å². The van der Waals surface area contributed by atoms with Crippen molar-refractivity contribution in [3.05, 3.63) is 35.5 Å². The maximum Gasteiger partial charge on any atom is 0.0827 e. The minimum atomic E-state index is 0.512. The van der Waals surface area contributed by atoms with Crippen LogP contribution in [0.5, 0.6) is 0 Å². The lowest BCUT2D eigenvalue weighted by Gasteiger charge is -1.91. The molecule has 0 aliphatic rings. The standard InChI is InChI=1S/C8H5ClFN/c9-7-2-1-6-3-4-11(10)8(6)5-7/h1-5H. The SMILES string of the molecule is Fn1ccc2ccc(Cl)cc21. The number of hydrogen-bond donors (Lipinski definition) is 0. The normalized spacial score (nSPS) is 10.7. The highest BCUT2D eigenvalue weighted by Crippen LogP contribution is 2.19. The maximum absolute atomic E-state index is 12.8. The van der Waals surface area contributed by atoms with Gasteiger partial charge < -0.3 is 0 Å². The molecule has 0 fully saturated rings. The second-order valence-electron chi connectivity index (χ2n) is 2.33. The molecule has 0 N–H and O–H groups in total. The largest absolute Gasteiger partial charge is 0.186 e. The van der Waals surface area contributed by atoms with Crippen LogP contribution in [-0.2, 0) is 0 Å². The molecule has 0 unspecified atom stereocenters. The van der Waals surface area contributed by atoms with Crippen LogP contribution in [0.3, 0.4) is 0 Å². The first-order valence-electron chi connectivity index (χ1n) is 3.20. The smallest absolute Gasteiger partial charge is 0.0827 e. The van der Waals surface area contributed by atoms with E-state index < -0.39 is 0 Å². The van der Waals surface area contributed by atoms with Gasteiger partial charge in [-0.2, -0.15) is 4.79 Å². The summed E-state index contributed by atoms with van der Waals surface area (Å²) < 4.78 is 12.8. The molecule has 0 atom stereocenters. The van der Waals surface area contributed by atoms with Gasteiger partial charge in [0, 0.05) is 16.6 Å². The Morgan fingerprint density at radius 2 is 2.09 bits per heavy atom. The van der Waals surface area contributed by atoms with Crippen molar-refractivity contribution in [1.82, 2.24) is 4.79 Å². The lowest BCUT2D eigenvalue weighted by Crippen LogP contribution is -1.76. The predicted molar refractivity (Wildman–Crippen MR) is 43.5 cm³/mol. The molecule has 1 heterocycles. The van der Waals surface area contributed by atoms with Crippen LogP contribution in [0, 0.1) is 0 Å². The highest BCUT2D eigenvalue weighted by molar-refractivity contribution is 6.31. The van der Waals surface area contributed by atoms with Crippen molar-refractivity contribution in [1.29, 1.82) is 0 Å². The van der Waals surface area contributed by atoms with Crippen LogP contribution in [-0.4, -0.2) is 4.79 Å². The Balaban J connectivity index is 2.87. The van der Waals surface area contributed by atoms with Gasteiger partial charge in [-0.05, 0) is 18.2 Å². The zero-order chi connectivity index (χ0) is 7.84. The summed E-state index contributed by atoms with van der Waals surface area (Å²) in [6, 6.07) is 6.82. The number of aromatic nitrogens is 1. The Labute approximate surface area is 67.9 Å². The molecule has 0 saturated heterocycles. The molecular formula is C8H5ClFN. The monoisotopic (exact) mass is 169 g/mol. The number of benzene rings is 1. The average molecular weight is 170 g/mol. The first kappa shape index (κ1) is 6.68. The van der Waals surface area contributed by atoms with Gasteiger partial charge in [0.1, 0.15) is 0 Å². The van der Waals surface area contributed by atoms with Gasteiger partial charge >= 0.3 is 0 Å². The van der Waals surface area contributed by atoms with E-state index in [1.807, 2.05) is 0 Å². The fraction of sp³-hybridized carbons (Fsp3) is 0. The van der Waals surface area contributed by atoms with Gasteiger partial charge in [-0.3, -0.25) is 0 Å². The van der Waals surface area contributed by atoms with Gasteiger partial charge in [-0.15, -0.1) is 0 Å². The molecule has 3 heteroatoms. The Kier molecular flexibility index (Phi) is 1.36. The van der Waals surface area contributed by atoms with E-state index in [9.17, 15) is 4.48 Å². The summed E-state index contributed by atoms with van der Waals surface area (Å²) in [7, 11) is 0. The third-order valence-electron chi connectivity index (χ3n) is 1.61. The molecule has 0 amide bonds. The Hall–Kier alpha value is -1.02. The summed E-state index contributed by atoms with van der Waals surface area (Å²) in [6.45, 7) is 0. The average Bonchev–Trinajstić information content (AvgIpc) is 2.33. The molecule has 0 bridgehead atoms. The van der Waals surface area contributed by atoms with Crippen molar-refractivity contribution in [2.75, 3.05) is 0 Å². The van der Waals surface area contributed by atoms with E-state index in [1.165, 1.54) is 6.20 Å². The van der Waals surface area contributed by atoms with E-state index in [1.54, 1.807) is 24.3 Å². The minimum absolute atomic E-state index is 0.512. The molecule has 11 heavy (non-hydrogen) atoms. The molecule has 56 valence electrons. The van der Waals surface area contributed by atoms with E-state index in [2.05, 4.69) is 0 Å². The van der Waals surface area contributed by atoms with Gasteiger partial charge in [0.05, 0.1) is 5.52 Å². The molecule has 2 rings (SSSR count). The molecule has 0 aliphatic carbocycles. The maximum atomic E-state index is 12.8. The van der Waals surface area contributed by atoms with Crippen molar-refractivity contribution in [3.8, 4) is 0 Å². The van der Waals surface area contributed by atoms with Gasteiger partial charge in [0.15, 0.2) is 0 Å². The molecule has 2 aromatic rings. The van der Waals surface area contributed by atoms with Crippen LogP contribution in [0.25, 0.3) is 10.9 Å². The summed E-state index contributed by atoms with van der Waals surface area (Å²) in [5.74, 6) is 0. The highest BCUT2D eigenvalue weighted by Gasteiger charge is 1.99. The van der Waals surface area contributed by atoms with Crippen LogP contribution in [0.15, 0.2) is 30.5 Å². The van der Waals surface area contributed by atoms with Crippen LogP contribution < -0.4 is 0 Å². The van der Waals surface area contributed by atoms with Crippen molar-refractivity contribution in [3.63, 3.8) is 0 Å². The zero-order valence-corrected chi connectivity index (χ0v) is 6.35. The van der Waals surface area contributed by atoms with Crippen molar-refractivity contribution in [2.24, 2.45) is 0 Å². The van der Waals surface area contributed by atoms with Gasteiger partial charge in [-0.25, -0.2) is 0 Å². The molecule has 0 aliphatic heterocycles. The van der Waals surface area contributed by atoms with Crippen molar-refractivity contribution >= 4 is 22.5 Å². The molecule has 0 spiro atoms. The molecule has 1 aromatic carbocycles. The molecule has 1 nitrogen and oxygen atoms in total. The molecular weight excluding hydrogens is 165 g/mol. The van der Waals surface area contributed by atoms with E-state index in [-0.39, 0.29) is 0 Å². The van der Waals surface area contributed by atoms with Crippen LogP contribution in [0.2, 0.25) is 5.02 Å². The molecule has 1 aromatic heterocycles. The van der Waals surface area contributed by atoms with E-state index in [4.69, 9.17) is 11.6 Å². The first-order chi connectivity index (χ1) is 5.27. The van der Waals surface area contributed by atoms with E-state index in [0.717, 1.165) is 5.39 Å². The summed E-state index contributed by atoms with van der Waals surface area (Å²) in [5.41, 5.74) is 0.512. The number of hydrogen-bond acceptors (Lipinski definition) is 0. The third kappa shape index (κ3) is 0.994. The lowest BCUT2D eigenvalue weighted by atomic mass is 10.2. The second kappa shape index (κ2) is 2.24. The zero-order valence-electron chi connectivity index (χ0n) is 5.59. The number of fused-ring (bicyclic) bond motifs is 1. The Morgan fingerprint density at radius 1 is 1.27 bits per heavy atom. The summed E-state index contributed by atoms with van der Waals surface area (Å²) in [5, 5.41) is 1.41. The highest BCUT2D eigenvalue weighted by atomic mass is 35.5. The third-order valence-corrected chi connectivity index (χ3v) is 1.84. The molecule has 0 saturated carbocycles. The number of nitrogens with zero attached hydrogens (tertiary/aromatic N) is 1.